The minimum absolute atomic E-state index is 0.0170. The van der Waals surface area contributed by atoms with Crippen LogP contribution in [0.1, 0.15) is 43.1 Å². The third kappa shape index (κ3) is 5.18. The van der Waals surface area contributed by atoms with Crippen molar-refractivity contribution in [1.29, 1.82) is 0 Å². The third-order valence-electron chi connectivity index (χ3n) is 3.42. The Morgan fingerprint density at radius 2 is 2.07 bits per heavy atom. The lowest BCUT2D eigenvalue weighted by Gasteiger charge is -2.12. The molecule has 1 amide bonds. The fourth-order valence-corrected chi connectivity index (χ4v) is 3.09. The standard InChI is InChI=1S/C17H17Cl2N5O2S/c1-17(2,3)10-8-20-13(26-10)5-4-9-7-21-16(27-9)24-12(25)6-11-22-14(18)15(19)23-11/h4-5,7-8H,6H2,1-3H3,(H,22,23)(H,21,24,25). The maximum absolute atomic E-state index is 12.1. The number of oxazole rings is 1. The number of H-pyrrole nitrogens is 1. The number of aromatic amines is 1. The molecular formula is C17H17Cl2N5O2S. The van der Waals surface area contributed by atoms with Gasteiger partial charge in [-0.05, 0) is 6.08 Å². The van der Waals surface area contributed by atoms with Gasteiger partial charge in [0.2, 0.25) is 11.8 Å². The van der Waals surface area contributed by atoms with Crippen LogP contribution in [0.5, 0.6) is 0 Å². The summed E-state index contributed by atoms with van der Waals surface area (Å²) >= 11 is 12.9. The van der Waals surface area contributed by atoms with E-state index in [0.717, 1.165) is 10.6 Å². The maximum atomic E-state index is 12.1. The quantitative estimate of drug-likeness (QED) is 0.610. The Balaban J connectivity index is 1.59. The van der Waals surface area contributed by atoms with Gasteiger partial charge in [-0.25, -0.2) is 15.0 Å². The number of imidazole rings is 1. The molecule has 0 saturated heterocycles. The minimum atomic E-state index is -0.274. The molecule has 0 spiro atoms. The SMILES string of the molecule is CC(C)(C)c1cnc(C=Cc2cnc(NC(=O)Cc3nc(Cl)c(Cl)[nH]3)s2)o1. The van der Waals surface area contributed by atoms with Gasteiger partial charge in [-0.2, -0.15) is 0 Å². The van der Waals surface area contributed by atoms with E-state index in [1.807, 2.05) is 6.08 Å². The molecule has 0 saturated carbocycles. The molecule has 0 aliphatic rings. The summed E-state index contributed by atoms with van der Waals surface area (Å²) < 4.78 is 5.70. The van der Waals surface area contributed by atoms with Gasteiger partial charge in [0.1, 0.15) is 16.7 Å². The van der Waals surface area contributed by atoms with Gasteiger partial charge in [0, 0.05) is 22.6 Å². The molecule has 0 unspecified atom stereocenters. The molecule has 3 heterocycles. The maximum Gasteiger partial charge on any atom is 0.233 e. The van der Waals surface area contributed by atoms with E-state index < -0.39 is 0 Å². The Bertz CT molecular complexity index is 964. The smallest absolute Gasteiger partial charge is 0.233 e. The number of anilines is 1. The molecule has 0 aliphatic heterocycles. The van der Waals surface area contributed by atoms with Gasteiger partial charge in [-0.1, -0.05) is 55.3 Å². The third-order valence-corrected chi connectivity index (χ3v) is 4.94. The lowest BCUT2D eigenvalue weighted by atomic mass is 9.94. The van der Waals surface area contributed by atoms with Crippen LogP contribution in [0.25, 0.3) is 12.2 Å². The van der Waals surface area contributed by atoms with E-state index in [1.165, 1.54) is 11.3 Å². The van der Waals surface area contributed by atoms with Crippen LogP contribution in [0, 0.1) is 0 Å². The average molecular weight is 426 g/mol. The van der Waals surface area contributed by atoms with Crippen molar-refractivity contribution in [3.8, 4) is 0 Å². The van der Waals surface area contributed by atoms with E-state index in [2.05, 4.69) is 46.0 Å². The summed E-state index contributed by atoms with van der Waals surface area (Å²) in [5.41, 5.74) is -0.0938. The second-order valence-corrected chi connectivity index (χ2v) is 8.53. The first-order chi connectivity index (χ1) is 12.7. The summed E-state index contributed by atoms with van der Waals surface area (Å²) in [5.74, 6) is 1.45. The summed E-state index contributed by atoms with van der Waals surface area (Å²) in [6.45, 7) is 6.18. The molecule has 3 aromatic heterocycles. The highest BCUT2D eigenvalue weighted by Crippen LogP contribution is 2.25. The van der Waals surface area contributed by atoms with Crippen molar-refractivity contribution in [2.45, 2.75) is 32.6 Å². The molecule has 27 heavy (non-hydrogen) atoms. The van der Waals surface area contributed by atoms with Crippen molar-refractivity contribution in [3.63, 3.8) is 0 Å². The van der Waals surface area contributed by atoms with Crippen molar-refractivity contribution in [3.05, 3.63) is 45.1 Å². The fourth-order valence-electron chi connectivity index (χ4n) is 2.06. The van der Waals surface area contributed by atoms with E-state index in [0.29, 0.717) is 16.8 Å². The largest absolute Gasteiger partial charge is 0.441 e. The van der Waals surface area contributed by atoms with Crippen LogP contribution in [-0.2, 0) is 16.6 Å². The van der Waals surface area contributed by atoms with E-state index in [-0.39, 0.29) is 28.0 Å². The van der Waals surface area contributed by atoms with Crippen molar-refractivity contribution in [1.82, 2.24) is 19.9 Å². The van der Waals surface area contributed by atoms with Gasteiger partial charge in [0.05, 0.1) is 12.6 Å². The first-order valence-corrected chi connectivity index (χ1v) is 9.58. The normalized spacial score (nSPS) is 12.0. The highest BCUT2D eigenvalue weighted by molar-refractivity contribution is 7.16. The topological polar surface area (TPSA) is 96.7 Å². The minimum Gasteiger partial charge on any atom is -0.441 e. The van der Waals surface area contributed by atoms with Crippen LogP contribution >= 0.6 is 34.5 Å². The Kier molecular flexibility index (Phi) is 5.69. The van der Waals surface area contributed by atoms with Gasteiger partial charge in [0.15, 0.2) is 10.3 Å². The zero-order chi connectivity index (χ0) is 19.6. The Morgan fingerprint density at radius 3 is 2.70 bits per heavy atom. The van der Waals surface area contributed by atoms with Crippen molar-refractivity contribution in [2.24, 2.45) is 0 Å². The van der Waals surface area contributed by atoms with E-state index in [1.54, 1.807) is 18.5 Å². The number of halogens is 2. The average Bonchev–Trinajstić information content (AvgIpc) is 3.26. The molecule has 7 nitrogen and oxygen atoms in total. The van der Waals surface area contributed by atoms with Gasteiger partial charge in [0.25, 0.3) is 0 Å². The molecule has 0 aromatic carbocycles. The van der Waals surface area contributed by atoms with Gasteiger partial charge < -0.3 is 14.7 Å². The van der Waals surface area contributed by atoms with Crippen LogP contribution in [-0.4, -0.2) is 25.8 Å². The molecule has 0 fully saturated rings. The Morgan fingerprint density at radius 1 is 1.30 bits per heavy atom. The van der Waals surface area contributed by atoms with Crippen molar-refractivity contribution < 1.29 is 9.21 Å². The van der Waals surface area contributed by atoms with Crippen LogP contribution in [0.15, 0.2) is 16.8 Å². The zero-order valence-corrected chi connectivity index (χ0v) is 17.2. The van der Waals surface area contributed by atoms with Gasteiger partial charge in [-0.3, -0.25) is 4.79 Å². The number of thiazole rings is 1. The molecule has 0 aliphatic carbocycles. The van der Waals surface area contributed by atoms with Crippen LogP contribution in [0.4, 0.5) is 5.13 Å². The number of rotatable bonds is 5. The Labute approximate surface area is 169 Å². The van der Waals surface area contributed by atoms with E-state index in [4.69, 9.17) is 27.6 Å². The molecule has 142 valence electrons. The summed E-state index contributed by atoms with van der Waals surface area (Å²) in [4.78, 5) is 28.0. The number of nitrogens with zero attached hydrogens (tertiary/aromatic N) is 3. The number of hydrogen-bond donors (Lipinski definition) is 2. The summed E-state index contributed by atoms with van der Waals surface area (Å²) in [6.07, 6.45) is 7.00. The predicted molar refractivity (Wildman–Crippen MR) is 107 cm³/mol. The van der Waals surface area contributed by atoms with Crippen molar-refractivity contribution >= 4 is 57.7 Å². The molecule has 0 bridgehead atoms. The molecule has 10 heteroatoms. The first-order valence-electron chi connectivity index (χ1n) is 8.00. The zero-order valence-electron chi connectivity index (χ0n) is 14.8. The van der Waals surface area contributed by atoms with Crippen LogP contribution in [0.2, 0.25) is 10.3 Å². The number of aromatic nitrogens is 4. The molecule has 0 radical (unpaired) electrons. The second kappa shape index (κ2) is 7.84. The number of carbonyl (C=O) groups is 1. The van der Waals surface area contributed by atoms with E-state index in [9.17, 15) is 4.79 Å². The van der Waals surface area contributed by atoms with Crippen molar-refractivity contribution in [2.75, 3.05) is 5.32 Å². The second-order valence-electron chi connectivity index (χ2n) is 6.73. The number of amides is 1. The predicted octanol–water partition coefficient (Wildman–Crippen LogP) is 4.81. The van der Waals surface area contributed by atoms with Crippen LogP contribution in [0.3, 0.4) is 0 Å². The highest BCUT2D eigenvalue weighted by Gasteiger charge is 2.18. The summed E-state index contributed by atoms with van der Waals surface area (Å²) in [6, 6.07) is 0. The fraction of sp³-hybridized carbons (Fsp3) is 0.294. The number of nitrogens with one attached hydrogen (secondary N) is 2. The summed E-state index contributed by atoms with van der Waals surface area (Å²) in [5, 5.41) is 3.54. The summed E-state index contributed by atoms with van der Waals surface area (Å²) in [7, 11) is 0. The molecule has 3 rings (SSSR count). The van der Waals surface area contributed by atoms with Gasteiger partial charge >= 0.3 is 0 Å². The lowest BCUT2D eigenvalue weighted by molar-refractivity contribution is -0.115. The molecule has 0 atom stereocenters. The molecule has 2 N–H and O–H groups in total. The van der Waals surface area contributed by atoms with Crippen LogP contribution < -0.4 is 5.32 Å². The molecule has 3 aromatic rings. The first kappa shape index (κ1) is 19.6. The number of carbonyl (C=O) groups excluding carboxylic acids is 1. The number of hydrogen-bond acceptors (Lipinski definition) is 6. The van der Waals surface area contributed by atoms with E-state index >= 15 is 0 Å². The lowest BCUT2D eigenvalue weighted by Crippen LogP contribution is -2.14. The van der Waals surface area contributed by atoms with Gasteiger partial charge in [-0.15, -0.1) is 0 Å². The Hall–Kier alpha value is -2.16. The highest BCUT2D eigenvalue weighted by atomic mass is 35.5. The monoisotopic (exact) mass is 425 g/mol. The molecular weight excluding hydrogens is 409 g/mol.